The van der Waals surface area contributed by atoms with Crippen molar-refractivity contribution >= 4 is 17.3 Å². The average molecular weight is 289 g/mol. The highest BCUT2D eigenvalue weighted by atomic mass is 35.5. The van der Waals surface area contributed by atoms with E-state index < -0.39 is 4.92 Å². The number of aryl methyl sites for hydroxylation is 1. The predicted molar refractivity (Wildman–Crippen MR) is 74.1 cm³/mol. The zero-order valence-corrected chi connectivity index (χ0v) is 11.2. The van der Waals surface area contributed by atoms with E-state index in [9.17, 15) is 10.1 Å². The fourth-order valence-electron chi connectivity index (χ4n) is 1.65. The molecule has 5 nitrogen and oxygen atoms in total. The fraction of sp³-hybridized carbons (Fsp3) is 0.0714. The fourth-order valence-corrected chi connectivity index (χ4v) is 1.81. The van der Waals surface area contributed by atoms with Crippen LogP contribution in [0.1, 0.15) is 11.1 Å². The summed E-state index contributed by atoms with van der Waals surface area (Å²) in [6.45, 7) is 1.75. The van der Waals surface area contributed by atoms with Gasteiger partial charge in [0.1, 0.15) is 11.8 Å². The molecule has 2 aromatic rings. The lowest BCUT2D eigenvalue weighted by molar-refractivity contribution is -0.385. The van der Waals surface area contributed by atoms with Crippen molar-refractivity contribution < 1.29 is 9.66 Å². The number of hydrogen-bond donors (Lipinski definition) is 0. The lowest BCUT2D eigenvalue weighted by Crippen LogP contribution is -1.95. The van der Waals surface area contributed by atoms with Crippen LogP contribution >= 0.6 is 11.6 Å². The summed E-state index contributed by atoms with van der Waals surface area (Å²) in [6.07, 6.45) is 0. The number of rotatable bonds is 3. The van der Waals surface area contributed by atoms with Crippen molar-refractivity contribution in [1.82, 2.24) is 0 Å². The van der Waals surface area contributed by atoms with Crippen LogP contribution in [0.5, 0.6) is 11.5 Å². The van der Waals surface area contributed by atoms with Crippen LogP contribution in [0, 0.1) is 28.4 Å². The third-order valence-corrected chi connectivity index (χ3v) is 2.83. The zero-order valence-electron chi connectivity index (χ0n) is 10.5. The second-order valence-corrected chi connectivity index (χ2v) is 4.52. The molecule has 0 atom stereocenters. The molecule has 0 aliphatic rings. The predicted octanol–water partition coefficient (Wildman–Crippen LogP) is 4.22. The number of hydrogen-bond acceptors (Lipinski definition) is 4. The number of nitriles is 1. The summed E-state index contributed by atoms with van der Waals surface area (Å²) in [6, 6.07) is 11.0. The Morgan fingerprint density at radius 3 is 2.65 bits per heavy atom. The van der Waals surface area contributed by atoms with Crippen LogP contribution in [0.25, 0.3) is 0 Å². The molecule has 6 heteroatoms. The number of nitrogens with zero attached hydrogens (tertiary/aromatic N) is 2. The van der Waals surface area contributed by atoms with E-state index in [1.54, 1.807) is 19.1 Å². The molecule has 2 rings (SSSR count). The first-order chi connectivity index (χ1) is 9.51. The van der Waals surface area contributed by atoms with Gasteiger partial charge in [-0.3, -0.25) is 10.1 Å². The Balaban J connectivity index is 2.48. The molecule has 20 heavy (non-hydrogen) atoms. The quantitative estimate of drug-likeness (QED) is 0.626. The second-order valence-electron chi connectivity index (χ2n) is 4.08. The number of ether oxygens (including phenoxy) is 1. The molecule has 0 spiro atoms. The standard InChI is InChI=1S/C14H9ClN2O3/c1-9-2-5-13(12(6-9)17(18)19)20-14-7-11(15)4-3-10(14)8-16/h2-7H,1H3. The molecular weight excluding hydrogens is 280 g/mol. The van der Waals surface area contributed by atoms with Crippen molar-refractivity contribution in [3.8, 4) is 17.6 Å². The molecule has 0 N–H and O–H groups in total. The van der Waals surface area contributed by atoms with E-state index in [4.69, 9.17) is 21.6 Å². The van der Waals surface area contributed by atoms with Crippen LogP contribution in [0.4, 0.5) is 5.69 Å². The summed E-state index contributed by atoms with van der Waals surface area (Å²) in [4.78, 5) is 10.5. The molecule has 0 unspecified atom stereocenters. The van der Waals surface area contributed by atoms with Gasteiger partial charge in [-0.1, -0.05) is 17.7 Å². The van der Waals surface area contributed by atoms with Gasteiger partial charge in [-0.25, -0.2) is 0 Å². The minimum absolute atomic E-state index is 0.0689. The summed E-state index contributed by atoms with van der Waals surface area (Å²) in [5.41, 5.74) is 0.841. The van der Waals surface area contributed by atoms with Gasteiger partial charge in [-0.2, -0.15) is 5.26 Å². The number of halogens is 1. The first-order valence-corrected chi connectivity index (χ1v) is 6.01. The van der Waals surface area contributed by atoms with Crippen LogP contribution < -0.4 is 4.74 Å². The van der Waals surface area contributed by atoms with Gasteiger partial charge in [0.2, 0.25) is 5.75 Å². The Kier molecular flexibility index (Phi) is 3.87. The molecule has 0 radical (unpaired) electrons. The summed E-state index contributed by atoms with van der Waals surface area (Å²) in [5.74, 6) is 0.256. The summed E-state index contributed by atoms with van der Waals surface area (Å²) >= 11 is 5.84. The molecule has 0 aromatic heterocycles. The van der Waals surface area contributed by atoms with Gasteiger partial charge in [0.25, 0.3) is 0 Å². The molecular formula is C14H9ClN2O3. The Morgan fingerprint density at radius 2 is 2.00 bits per heavy atom. The molecule has 2 aromatic carbocycles. The number of benzene rings is 2. The summed E-state index contributed by atoms with van der Waals surface area (Å²) < 4.78 is 5.48. The molecule has 0 saturated carbocycles. The van der Waals surface area contributed by atoms with Crippen LogP contribution in [0.15, 0.2) is 36.4 Å². The molecule has 0 amide bonds. The molecule has 0 aliphatic carbocycles. The topological polar surface area (TPSA) is 76.2 Å². The van der Waals surface area contributed by atoms with Crippen LogP contribution in [-0.2, 0) is 0 Å². The van der Waals surface area contributed by atoms with E-state index in [0.717, 1.165) is 5.56 Å². The van der Waals surface area contributed by atoms with E-state index in [0.29, 0.717) is 5.02 Å². The highest BCUT2D eigenvalue weighted by Gasteiger charge is 2.17. The van der Waals surface area contributed by atoms with Gasteiger partial charge in [-0.05, 0) is 30.7 Å². The lowest BCUT2D eigenvalue weighted by atomic mass is 10.2. The third-order valence-electron chi connectivity index (χ3n) is 2.60. The maximum atomic E-state index is 11.0. The lowest BCUT2D eigenvalue weighted by Gasteiger charge is -2.08. The normalized spacial score (nSPS) is 9.85. The van der Waals surface area contributed by atoms with Gasteiger partial charge in [-0.15, -0.1) is 0 Å². The molecule has 0 saturated heterocycles. The third kappa shape index (κ3) is 2.87. The van der Waals surface area contributed by atoms with E-state index in [1.807, 2.05) is 6.07 Å². The minimum atomic E-state index is -0.529. The SMILES string of the molecule is Cc1ccc(Oc2cc(Cl)ccc2C#N)c([N+](=O)[O-])c1. The van der Waals surface area contributed by atoms with Crippen molar-refractivity contribution in [3.63, 3.8) is 0 Å². The Hall–Kier alpha value is -2.58. The van der Waals surface area contributed by atoms with Gasteiger partial charge in [0, 0.05) is 17.2 Å². The monoisotopic (exact) mass is 288 g/mol. The smallest absolute Gasteiger partial charge is 0.311 e. The summed E-state index contributed by atoms with van der Waals surface area (Å²) in [7, 11) is 0. The van der Waals surface area contributed by atoms with Crippen molar-refractivity contribution in [2.24, 2.45) is 0 Å². The first kappa shape index (κ1) is 13.8. The maximum absolute atomic E-state index is 11.0. The maximum Gasteiger partial charge on any atom is 0.311 e. The van der Waals surface area contributed by atoms with E-state index in [2.05, 4.69) is 0 Å². The van der Waals surface area contributed by atoms with Gasteiger partial charge in [0.15, 0.2) is 0 Å². The van der Waals surface area contributed by atoms with Crippen LogP contribution in [0.3, 0.4) is 0 Å². The number of nitro groups is 1. The highest BCUT2D eigenvalue weighted by Crippen LogP contribution is 2.34. The van der Waals surface area contributed by atoms with Crippen LogP contribution in [0.2, 0.25) is 5.02 Å². The minimum Gasteiger partial charge on any atom is -0.449 e. The Morgan fingerprint density at radius 1 is 1.25 bits per heavy atom. The van der Waals surface area contributed by atoms with E-state index >= 15 is 0 Å². The molecule has 0 aliphatic heterocycles. The zero-order chi connectivity index (χ0) is 14.7. The van der Waals surface area contributed by atoms with Crippen molar-refractivity contribution in [2.75, 3.05) is 0 Å². The van der Waals surface area contributed by atoms with Crippen molar-refractivity contribution in [1.29, 1.82) is 5.26 Å². The van der Waals surface area contributed by atoms with Gasteiger partial charge in [0.05, 0.1) is 10.5 Å². The van der Waals surface area contributed by atoms with Crippen molar-refractivity contribution in [2.45, 2.75) is 6.92 Å². The van der Waals surface area contributed by atoms with Gasteiger partial charge >= 0.3 is 5.69 Å². The molecule has 0 fully saturated rings. The second kappa shape index (κ2) is 5.59. The molecule has 100 valence electrons. The summed E-state index contributed by atoms with van der Waals surface area (Å²) in [5, 5.41) is 20.4. The first-order valence-electron chi connectivity index (χ1n) is 5.64. The molecule has 0 heterocycles. The highest BCUT2D eigenvalue weighted by molar-refractivity contribution is 6.30. The van der Waals surface area contributed by atoms with E-state index in [1.165, 1.54) is 24.3 Å². The Labute approximate surface area is 120 Å². The van der Waals surface area contributed by atoms with Crippen LogP contribution in [-0.4, -0.2) is 4.92 Å². The largest absolute Gasteiger partial charge is 0.449 e. The van der Waals surface area contributed by atoms with Gasteiger partial charge < -0.3 is 4.74 Å². The average Bonchev–Trinajstić information content (AvgIpc) is 2.41. The Bertz CT molecular complexity index is 723. The molecule has 0 bridgehead atoms. The van der Waals surface area contributed by atoms with Crippen molar-refractivity contribution in [3.05, 3.63) is 62.7 Å². The number of nitro benzene ring substituents is 1. The van der Waals surface area contributed by atoms with E-state index in [-0.39, 0.29) is 22.7 Å².